The molecule has 0 saturated heterocycles. The summed E-state index contributed by atoms with van der Waals surface area (Å²) in [6.07, 6.45) is 9.67. The van der Waals surface area contributed by atoms with Crippen molar-refractivity contribution >= 4 is 11.8 Å². The van der Waals surface area contributed by atoms with Crippen molar-refractivity contribution in [2.24, 2.45) is 5.92 Å². The highest BCUT2D eigenvalue weighted by Crippen LogP contribution is 2.41. The summed E-state index contributed by atoms with van der Waals surface area (Å²) in [6.45, 7) is 3.46. The molecule has 0 amide bonds. The lowest BCUT2D eigenvalue weighted by molar-refractivity contribution is 0.272. The van der Waals surface area contributed by atoms with E-state index in [2.05, 4.69) is 48.3 Å². The predicted molar refractivity (Wildman–Crippen MR) is 88.4 cm³/mol. The van der Waals surface area contributed by atoms with E-state index >= 15 is 0 Å². The van der Waals surface area contributed by atoms with Crippen LogP contribution in [0.4, 0.5) is 0 Å². The van der Waals surface area contributed by atoms with Gasteiger partial charge in [-0.2, -0.15) is 0 Å². The molecule has 0 radical (unpaired) electrons. The van der Waals surface area contributed by atoms with Crippen molar-refractivity contribution in [2.75, 3.05) is 6.54 Å². The van der Waals surface area contributed by atoms with Crippen LogP contribution in [0.2, 0.25) is 0 Å². The Labute approximate surface area is 127 Å². The number of nitrogens with one attached hydrogen (secondary N) is 1. The molecule has 1 aromatic rings. The Hall–Kier alpha value is -0.470. The van der Waals surface area contributed by atoms with E-state index in [0.29, 0.717) is 0 Å². The highest BCUT2D eigenvalue weighted by Gasteiger charge is 2.28. The molecule has 1 saturated carbocycles. The summed E-state index contributed by atoms with van der Waals surface area (Å²) in [5, 5.41) is 4.57. The summed E-state index contributed by atoms with van der Waals surface area (Å²) in [4.78, 5) is 1.54. The first-order valence-corrected chi connectivity index (χ1v) is 9.21. The average molecular weight is 289 g/mol. The number of thioether (sulfide) groups is 1. The lowest BCUT2D eigenvalue weighted by Gasteiger charge is -2.31. The van der Waals surface area contributed by atoms with Crippen LogP contribution in [-0.2, 0) is 6.42 Å². The fraction of sp³-hybridized carbons (Fsp3) is 0.667. The maximum atomic E-state index is 3.74. The van der Waals surface area contributed by atoms with E-state index in [1.165, 1.54) is 56.4 Å². The Bertz CT molecular complexity index is 406. The van der Waals surface area contributed by atoms with Gasteiger partial charge in [0.2, 0.25) is 0 Å². The van der Waals surface area contributed by atoms with E-state index < -0.39 is 0 Å². The van der Waals surface area contributed by atoms with E-state index in [4.69, 9.17) is 0 Å². The number of fused-ring (bicyclic) bond motifs is 1. The second kappa shape index (κ2) is 7.00. The summed E-state index contributed by atoms with van der Waals surface area (Å²) in [5.74, 6) is 0.949. The van der Waals surface area contributed by atoms with Crippen LogP contribution in [0.15, 0.2) is 29.2 Å². The van der Waals surface area contributed by atoms with Gasteiger partial charge in [0.05, 0.1) is 0 Å². The van der Waals surface area contributed by atoms with Gasteiger partial charge >= 0.3 is 0 Å². The Morgan fingerprint density at radius 1 is 1.25 bits per heavy atom. The molecule has 3 atom stereocenters. The zero-order valence-electron chi connectivity index (χ0n) is 12.6. The molecule has 1 heterocycles. The van der Waals surface area contributed by atoms with E-state index in [0.717, 1.165) is 17.2 Å². The largest absolute Gasteiger partial charge is 0.314 e. The van der Waals surface area contributed by atoms with Gasteiger partial charge < -0.3 is 5.32 Å². The lowest BCUT2D eigenvalue weighted by atomic mass is 9.82. The third kappa shape index (κ3) is 3.59. The molecule has 1 nitrogen and oxygen atoms in total. The van der Waals surface area contributed by atoms with Gasteiger partial charge in [0.15, 0.2) is 0 Å². The maximum Gasteiger partial charge on any atom is 0.0138 e. The summed E-state index contributed by atoms with van der Waals surface area (Å²) in [5.41, 5.74) is 1.58. The van der Waals surface area contributed by atoms with Crippen molar-refractivity contribution in [3.63, 3.8) is 0 Å². The monoisotopic (exact) mass is 289 g/mol. The third-order valence-corrected chi connectivity index (χ3v) is 6.12. The maximum absolute atomic E-state index is 3.74. The van der Waals surface area contributed by atoms with Gasteiger partial charge in [-0.05, 0) is 56.2 Å². The van der Waals surface area contributed by atoms with E-state index in [-0.39, 0.29) is 0 Å². The summed E-state index contributed by atoms with van der Waals surface area (Å²) in [6, 6.07) is 9.77. The number of hydrogen-bond acceptors (Lipinski definition) is 2. The van der Waals surface area contributed by atoms with Crippen molar-refractivity contribution in [1.29, 1.82) is 0 Å². The molecule has 0 aromatic heterocycles. The summed E-state index contributed by atoms with van der Waals surface area (Å²) >= 11 is 2.13. The van der Waals surface area contributed by atoms with Gasteiger partial charge in [0.25, 0.3) is 0 Å². The minimum absolute atomic E-state index is 0.794. The van der Waals surface area contributed by atoms with Crippen molar-refractivity contribution in [2.45, 2.75) is 68.1 Å². The molecule has 1 aliphatic heterocycles. The highest BCUT2D eigenvalue weighted by molar-refractivity contribution is 8.00. The fourth-order valence-electron chi connectivity index (χ4n) is 3.80. The molecule has 1 N–H and O–H groups in total. The van der Waals surface area contributed by atoms with Crippen LogP contribution in [0.3, 0.4) is 0 Å². The SMILES string of the molecule is CCCNC1CCCC(CC2Cc3ccccc3S2)C1. The highest BCUT2D eigenvalue weighted by atomic mass is 32.2. The van der Waals surface area contributed by atoms with Gasteiger partial charge in [-0.3, -0.25) is 0 Å². The predicted octanol–water partition coefficient (Wildman–Crippen LogP) is 4.65. The Morgan fingerprint density at radius 2 is 2.15 bits per heavy atom. The van der Waals surface area contributed by atoms with Crippen molar-refractivity contribution in [3.05, 3.63) is 29.8 Å². The second-order valence-corrected chi connectivity index (χ2v) is 7.81. The van der Waals surface area contributed by atoms with E-state index in [1.807, 2.05) is 0 Å². The quantitative estimate of drug-likeness (QED) is 0.846. The van der Waals surface area contributed by atoms with Crippen LogP contribution in [0.25, 0.3) is 0 Å². The van der Waals surface area contributed by atoms with Gasteiger partial charge in [0, 0.05) is 16.2 Å². The summed E-state index contributed by atoms with van der Waals surface area (Å²) < 4.78 is 0. The second-order valence-electron chi connectivity index (χ2n) is 6.47. The van der Waals surface area contributed by atoms with Crippen molar-refractivity contribution < 1.29 is 0 Å². The van der Waals surface area contributed by atoms with Crippen LogP contribution in [-0.4, -0.2) is 17.8 Å². The van der Waals surface area contributed by atoms with Gasteiger partial charge in [0.1, 0.15) is 0 Å². The Balaban J connectivity index is 1.49. The smallest absolute Gasteiger partial charge is 0.0138 e. The standard InChI is InChI=1S/C18H27NS/c1-2-10-19-16-8-5-6-14(11-16)12-17-13-15-7-3-4-9-18(15)20-17/h3-4,7,9,14,16-17,19H,2,5-6,8,10-13H2,1H3. The molecular formula is C18H27NS. The van der Waals surface area contributed by atoms with Crippen LogP contribution in [0.1, 0.15) is 51.0 Å². The van der Waals surface area contributed by atoms with Gasteiger partial charge in [-0.1, -0.05) is 38.0 Å². The third-order valence-electron chi connectivity index (χ3n) is 4.78. The normalized spacial score (nSPS) is 29.4. The molecule has 3 rings (SSSR count). The first kappa shape index (κ1) is 14.5. The number of benzene rings is 1. The molecule has 2 heteroatoms. The first-order chi connectivity index (χ1) is 9.85. The zero-order chi connectivity index (χ0) is 13.8. The molecule has 110 valence electrons. The number of hydrogen-bond donors (Lipinski definition) is 1. The minimum atomic E-state index is 0.794. The van der Waals surface area contributed by atoms with Crippen LogP contribution in [0.5, 0.6) is 0 Å². The molecule has 20 heavy (non-hydrogen) atoms. The minimum Gasteiger partial charge on any atom is -0.314 e. The zero-order valence-corrected chi connectivity index (χ0v) is 13.4. The van der Waals surface area contributed by atoms with Crippen LogP contribution in [0, 0.1) is 5.92 Å². The number of rotatable bonds is 5. The van der Waals surface area contributed by atoms with E-state index in [9.17, 15) is 0 Å². The molecule has 0 bridgehead atoms. The molecule has 1 fully saturated rings. The molecule has 1 aromatic carbocycles. The molecule has 2 aliphatic rings. The Morgan fingerprint density at radius 3 is 3.00 bits per heavy atom. The van der Waals surface area contributed by atoms with Gasteiger partial charge in [-0.15, -0.1) is 11.8 Å². The van der Waals surface area contributed by atoms with Crippen molar-refractivity contribution in [3.8, 4) is 0 Å². The molecular weight excluding hydrogens is 262 g/mol. The molecule has 1 aliphatic carbocycles. The molecule has 0 spiro atoms. The van der Waals surface area contributed by atoms with E-state index in [1.54, 1.807) is 5.56 Å². The van der Waals surface area contributed by atoms with Crippen LogP contribution >= 0.6 is 11.8 Å². The van der Waals surface area contributed by atoms with Crippen LogP contribution < -0.4 is 5.32 Å². The molecule has 3 unspecified atom stereocenters. The first-order valence-electron chi connectivity index (χ1n) is 8.33. The topological polar surface area (TPSA) is 12.0 Å². The van der Waals surface area contributed by atoms with Crippen molar-refractivity contribution in [1.82, 2.24) is 5.32 Å². The fourth-order valence-corrected chi connectivity index (χ4v) is 5.25. The summed E-state index contributed by atoms with van der Waals surface area (Å²) in [7, 11) is 0. The lowest BCUT2D eigenvalue weighted by Crippen LogP contribution is -2.35. The average Bonchev–Trinajstić information content (AvgIpc) is 2.87. The Kier molecular flexibility index (Phi) is 5.06. The van der Waals surface area contributed by atoms with Gasteiger partial charge in [-0.25, -0.2) is 0 Å².